The topological polar surface area (TPSA) is 26.3 Å². The number of allylic oxidation sites excluding steroid dienone is 1. The number of carbonyl (C=O) groups is 1. The summed E-state index contributed by atoms with van der Waals surface area (Å²) in [5, 5.41) is 0. The summed E-state index contributed by atoms with van der Waals surface area (Å²) < 4.78 is 5.20. The molecule has 1 heterocycles. The highest BCUT2D eigenvalue weighted by Gasteiger charge is 2.26. The summed E-state index contributed by atoms with van der Waals surface area (Å²) >= 11 is 0. The Morgan fingerprint density at radius 2 is 2.50 bits per heavy atom. The Morgan fingerprint density at radius 3 is 2.90 bits per heavy atom. The van der Waals surface area contributed by atoms with Crippen LogP contribution in [-0.2, 0) is 9.53 Å². The molecule has 0 radical (unpaired) electrons. The lowest BCUT2D eigenvalue weighted by Gasteiger charge is -2.26. The van der Waals surface area contributed by atoms with Crippen molar-refractivity contribution in [2.45, 2.75) is 32.3 Å². The van der Waals surface area contributed by atoms with Gasteiger partial charge in [0.1, 0.15) is 0 Å². The van der Waals surface area contributed by atoms with E-state index in [-0.39, 0.29) is 0 Å². The molecule has 10 heavy (non-hydrogen) atoms. The summed E-state index contributed by atoms with van der Waals surface area (Å²) in [7, 11) is 0. The molecule has 0 saturated carbocycles. The summed E-state index contributed by atoms with van der Waals surface area (Å²) in [5.74, 6) is 0. The van der Waals surface area contributed by atoms with Crippen molar-refractivity contribution in [1.82, 2.24) is 0 Å². The Morgan fingerprint density at radius 1 is 1.80 bits per heavy atom. The van der Waals surface area contributed by atoms with Crippen LogP contribution in [0.1, 0.15) is 26.7 Å². The molecule has 0 bridgehead atoms. The van der Waals surface area contributed by atoms with E-state index in [0.29, 0.717) is 0 Å². The molecule has 0 amide bonds. The molecule has 0 fully saturated rings. The molecule has 0 N–H and O–H groups in total. The van der Waals surface area contributed by atoms with Gasteiger partial charge in [-0.05, 0) is 32.3 Å². The number of aldehydes is 1. The fourth-order valence-electron chi connectivity index (χ4n) is 0.885. The van der Waals surface area contributed by atoms with Crippen LogP contribution in [0.15, 0.2) is 11.8 Å². The van der Waals surface area contributed by atoms with Gasteiger partial charge >= 0.3 is 0 Å². The molecule has 0 aromatic carbocycles. The van der Waals surface area contributed by atoms with E-state index >= 15 is 0 Å². The minimum Gasteiger partial charge on any atom is -0.488 e. The van der Waals surface area contributed by atoms with Gasteiger partial charge in [0.15, 0.2) is 11.9 Å². The van der Waals surface area contributed by atoms with E-state index in [1.165, 1.54) is 5.57 Å². The number of ether oxygens (including phenoxy) is 1. The second-order valence-corrected chi connectivity index (χ2v) is 3.01. The normalized spacial score (nSPS) is 32.4. The van der Waals surface area contributed by atoms with Gasteiger partial charge < -0.3 is 4.74 Å². The fourth-order valence-corrected chi connectivity index (χ4v) is 0.885. The number of carbonyl (C=O) groups excluding carboxylic acids is 1. The first-order chi connectivity index (χ1) is 4.66. The van der Waals surface area contributed by atoms with Crippen LogP contribution in [-0.4, -0.2) is 11.9 Å². The molecule has 0 saturated heterocycles. The first-order valence-electron chi connectivity index (χ1n) is 3.46. The van der Waals surface area contributed by atoms with E-state index in [1.54, 1.807) is 6.26 Å². The minimum absolute atomic E-state index is 0.556. The zero-order valence-corrected chi connectivity index (χ0v) is 6.39. The van der Waals surface area contributed by atoms with E-state index in [4.69, 9.17) is 4.74 Å². The lowest BCUT2D eigenvalue weighted by molar-refractivity contribution is -0.124. The lowest BCUT2D eigenvalue weighted by Crippen LogP contribution is -2.30. The van der Waals surface area contributed by atoms with Crippen molar-refractivity contribution in [2.24, 2.45) is 0 Å². The molecule has 1 aliphatic rings. The second kappa shape index (κ2) is 2.45. The molecule has 0 aromatic rings. The van der Waals surface area contributed by atoms with Gasteiger partial charge in [-0.25, -0.2) is 0 Å². The minimum atomic E-state index is -0.556. The number of rotatable bonds is 1. The van der Waals surface area contributed by atoms with Crippen LogP contribution in [0, 0.1) is 0 Å². The van der Waals surface area contributed by atoms with E-state index in [2.05, 4.69) is 0 Å². The van der Waals surface area contributed by atoms with E-state index < -0.39 is 5.60 Å². The third kappa shape index (κ3) is 1.38. The van der Waals surface area contributed by atoms with Crippen molar-refractivity contribution >= 4 is 6.29 Å². The Hall–Kier alpha value is -0.790. The standard InChI is InChI=1S/C8H12O2/c1-7-3-4-8(2,6-9)10-5-7/h5-6H,3-4H2,1-2H3/t8-/m1/s1. The van der Waals surface area contributed by atoms with E-state index in [0.717, 1.165) is 19.1 Å². The fraction of sp³-hybridized carbons (Fsp3) is 0.625. The molecule has 2 nitrogen and oxygen atoms in total. The van der Waals surface area contributed by atoms with Gasteiger partial charge in [-0.1, -0.05) is 0 Å². The smallest absolute Gasteiger partial charge is 0.163 e. The Labute approximate surface area is 60.9 Å². The van der Waals surface area contributed by atoms with Crippen molar-refractivity contribution in [3.05, 3.63) is 11.8 Å². The van der Waals surface area contributed by atoms with Crippen molar-refractivity contribution in [2.75, 3.05) is 0 Å². The van der Waals surface area contributed by atoms with Crippen molar-refractivity contribution in [3.63, 3.8) is 0 Å². The van der Waals surface area contributed by atoms with Gasteiger partial charge in [0.05, 0.1) is 6.26 Å². The van der Waals surface area contributed by atoms with E-state index in [9.17, 15) is 4.79 Å². The molecular formula is C8H12O2. The van der Waals surface area contributed by atoms with Crippen LogP contribution in [0.2, 0.25) is 0 Å². The largest absolute Gasteiger partial charge is 0.488 e. The summed E-state index contributed by atoms with van der Waals surface area (Å²) in [6, 6.07) is 0. The van der Waals surface area contributed by atoms with Crippen molar-refractivity contribution in [3.8, 4) is 0 Å². The molecule has 1 rings (SSSR count). The maximum atomic E-state index is 10.4. The molecule has 0 aromatic heterocycles. The molecule has 0 spiro atoms. The van der Waals surface area contributed by atoms with Crippen LogP contribution >= 0.6 is 0 Å². The Balaban J connectivity index is 2.64. The summed E-state index contributed by atoms with van der Waals surface area (Å²) in [6.45, 7) is 3.81. The highest BCUT2D eigenvalue weighted by molar-refractivity contribution is 5.62. The molecule has 2 heteroatoms. The van der Waals surface area contributed by atoms with Gasteiger partial charge in [0.25, 0.3) is 0 Å². The van der Waals surface area contributed by atoms with Gasteiger partial charge in [-0.2, -0.15) is 0 Å². The average Bonchev–Trinajstić information content (AvgIpc) is 1.96. The van der Waals surface area contributed by atoms with Crippen molar-refractivity contribution < 1.29 is 9.53 Å². The van der Waals surface area contributed by atoms with Crippen molar-refractivity contribution in [1.29, 1.82) is 0 Å². The zero-order chi connectivity index (χ0) is 7.61. The predicted octanol–water partition coefficient (Wildman–Crippen LogP) is 1.66. The maximum Gasteiger partial charge on any atom is 0.163 e. The summed E-state index contributed by atoms with van der Waals surface area (Å²) in [6.07, 6.45) is 4.32. The SMILES string of the molecule is CC1=CO[C@@](C)(C=O)CC1. The quantitative estimate of drug-likeness (QED) is 0.518. The van der Waals surface area contributed by atoms with Crippen LogP contribution < -0.4 is 0 Å². The average molecular weight is 140 g/mol. The molecule has 1 aliphatic heterocycles. The Bertz CT molecular complexity index is 172. The maximum absolute atomic E-state index is 10.4. The van der Waals surface area contributed by atoms with Gasteiger partial charge in [0, 0.05) is 0 Å². The number of hydrogen-bond acceptors (Lipinski definition) is 2. The molecule has 1 atom stereocenters. The highest BCUT2D eigenvalue weighted by Crippen LogP contribution is 2.24. The zero-order valence-electron chi connectivity index (χ0n) is 6.39. The van der Waals surface area contributed by atoms with Gasteiger partial charge in [-0.3, -0.25) is 4.79 Å². The van der Waals surface area contributed by atoms with Gasteiger partial charge in [-0.15, -0.1) is 0 Å². The third-order valence-electron chi connectivity index (χ3n) is 1.79. The van der Waals surface area contributed by atoms with E-state index in [1.807, 2.05) is 13.8 Å². The first kappa shape index (κ1) is 7.32. The van der Waals surface area contributed by atoms with Crippen LogP contribution in [0.3, 0.4) is 0 Å². The van der Waals surface area contributed by atoms with Crippen LogP contribution in [0.5, 0.6) is 0 Å². The van der Waals surface area contributed by atoms with Gasteiger partial charge in [0.2, 0.25) is 0 Å². The second-order valence-electron chi connectivity index (χ2n) is 3.01. The third-order valence-corrected chi connectivity index (χ3v) is 1.79. The molecule has 0 unspecified atom stereocenters. The molecule has 0 aliphatic carbocycles. The summed E-state index contributed by atoms with van der Waals surface area (Å²) in [4.78, 5) is 10.4. The first-order valence-corrected chi connectivity index (χ1v) is 3.46. The molecular weight excluding hydrogens is 128 g/mol. The highest BCUT2D eigenvalue weighted by atomic mass is 16.5. The Kier molecular flexibility index (Phi) is 1.79. The lowest BCUT2D eigenvalue weighted by atomic mass is 9.97. The summed E-state index contributed by atoms with van der Waals surface area (Å²) in [5.41, 5.74) is 0.652. The predicted molar refractivity (Wildman–Crippen MR) is 38.5 cm³/mol. The molecule has 56 valence electrons. The van der Waals surface area contributed by atoms with Crippen LogP contribution in [0.4, 0.5) is 0 Å². The monoisotopic (exact) mass is 140 g/mol. The van der Waals surface area contributed by atoms with Crippen LogP contribution in [0.25, 0.3) is 0 Å². The number of hydrogen-bond donors (Lipinski definition) is 0.